The standard InChI is InChI=1S/C26H34N4/c1-29(24-10-2-6-19-8-4-13-27-25(19)24)16-21-14-22-20(15-28-21)7-3-9-23(22)30-17-26(18-30)11-5-12-26/h3-4,7-9,13,21,24,28H,2,5-6,10-12,14-18H2,1H3/t21-,24+/m1/s1. The molecule has 0 bridgehead atoms. The van der Waals surface area contributed by atoms with Gasteiger partial charge < -0.3 is 10.2 Å². The zero-order valence-electron chi connectivity index (χ0n) is 18.2. The molecule has 0 radical (unpaired) electrons. The summed E-state index contributed by atoms with van der Waals surface area (Å²) in [5.74, 6) is 0. The van der Waals surface area contributed by atoms with E-state index >= 15 is 0 Å². The van der Waals surface area contributed by atoms with Gasteiger partial charge in [-0.05, 0) is 74.4 Å². The Hall–Kier alpha value is -1.91. The molecule has 6 rings (SSSR count). The minimum Gasteiger partial charge on any atom is -0.370 e. The number of aryl methyl sites for hydroxylation is 1. The SMILES string of the molecule is CN(C[C@H]1Cc2c(cccc2N2CC3(CCC3)C2)CN1)[C@H]1CCCc2cccnc21. The molecule has 0 amide bonds. The number of anilines is 1. The number of hydrogen-bond donors (Lipinski definition) is 1. The van der Waals surface area contributed by atoms with E-state index in [4.69, 9.17) is 4.98 Å². The monoisotopic (exact) mass is 402 g/mol. The maximum absolute atomic E-state index is 4.77. The van der Waals surface area contributed by atoms with E-state index in [-0.39, 0.29) is 0 Å². The topological polar surface area (TPSA) is 31.4 Å². The third kappa shape index (κ3) is 3.16. The highest BCUT2D eigenvalue weighted by Gasteiger charge is 2.47. The third-order valence-electron chi connectivity index (χ3n) is 8.29. The van der Waals surface area contributed by atoms with Gasteiger partial charge in [-0.1, -0.05) is 24.6 Å². The first kappa shape index (κ1) is 18.8. The summed E-state index contributed by atoms with van der Waals surface area (Å²) in [7, 11) is 2.30. The van der Waals surface area contributed by atoms with Crippen molar-refractivity contribution in [2.24, 2.45) is 5.41 Å². The van der Waals surface area contributed by atoms with E-state index in [0.29, 0.717) is 17.5 Å². The molecule has 4 aliphatic rings. The van der Waals surface area contributed by atoms with Crippen LogP contribution in [0.15, 0.2) is 36.5 Å². The van der Waals surface area contributed by atoms with Crippen molar-refractivity contribution in [2.75, 3.05) is 31.6 Å². The number of aromatic nitrogens is 1. The lowest BCUT2D eigenvalue weighted by molar-refractivity contribution is 0.0901. The molecule has 30 heavy (non-hydrogen) atoms. The Kier molecular flexibility index (Phi) is 4.61. The van der Waals surface area contributed by atoms with E-state index in [2.05, 4.69) is 52.5 Å². The molecule has 1 aromatic heterocycles. The molecule has 2 fully saturated rings. The largest absolute Gasteiger partial charge is 0.370 e. The highest BCUT2D eigenvalue weighted by molar-refractivity contribution is 5.60. The molecule has 1 N–H and O–H groups in total. The number of likely N-dealkylation sites (N-methyl/N-ethyl adjacent to an activating group) is 1. The lowest BCUT2D eigenvalue weighted by atomic mass is 9.63. The van der Waals surface area contributed by atoms with Gasteiger partial charge in [-0.15, -0.1) is 0 Å². The first-order chi connectivity index (χ1) is 14.7. The van der Waals surface area contributed by atoms with Crippen LogP contribution in [-0.2, 0) is 19.4 Å². The highest BCUT2D eigenvalue weighted by atomic mass is 15.2. The Bertz CT molecular complexity index is 926. The van der Waals surface area contributed by atoms with Crippen LogP contribution in [0.2, 0.25) is 0 Å². The Labute approximate surface area is 180 Å². The quantitative estimate of drug-likeness (QED) is 0.834. The van der Waals surface area contributed by atoms with Gasteiger partial charge in [0.2, 0.25) is 0 Å². The van der Waals surface area contributed by atoms with Crippen LogP contribution in [0.1, 0.15) is 60.5 Å². The van der Waals surface area contributed by atoms with E-state index < -0.39 is 0 Å². The minimum atomic E-state index is 0.460. The summed E-state index contributed by atoms with van der Waals surface area (Å²) in [6.07, 6.45) is 11.1. The molecule has 1 saturated carbocycles. The smallest absolute Gasteiger partial charge is 0.0607 e. The van der Waals surface area contributed by atoms with Gasteiger partial charge >= 0.3 is 0 Å². The summed E-state index contributed by atoms with van der Waals surface area (Å²) in [6, 6.07) is 12.3. The second-order valence-electron chi connectivity index (χ2n) is 10.3. The summed E-state index contributed by atoms with van der Waals surface area (Å²) < 4.78 is 0. The predicted octanol–water partition coefficient (Wildman–Crippen LogP) is 4.10. The highest BCUT2D eigenvalue weighted by Crippen LogP contribution is 2.50. The molecule has 4 heteroatoms. The normalized spacial score (nSPS) is 26.7. The molecule has 4 nitrogen and oxygen atoms in total. The molecule has 3 heterocycles. The molecular formula is C26H34N4. The van der Waals surface area contributed by atoms with Gasteiger partial charge in [0.15, 0.2) is 0 Å². The summed E-state index contributed by atoms with van der Waals surface area (Å²) in [5.41, 5.74) is 8.07. The van der Waals surface area contributed by atoms with Crippen LogP contribution in [0.3, 0.4) is 0 Å². The lowest BCUT2D eigenvalue weighted by Crippen LogP contribution is -2.60. The van der Waals surface area contributed by atoms with E-state index in [9.17, 15) is 0 Å². The van der Waals surface area contributed by atoms with Crippen LogP contribution in [0, 0.1) is 5.41 Å². The van der Waals surface area contributed by atoms with E-state index in [1.807, 2.05) is 6.20 Å². The molecule has 2 aliphatic carbocycles. The molecule has 1 aromatic carbocycles. The lowest BCUT2D eigenvalue weighted by Gasteiger charge is -2.57. The van der Waals surface area contributed by atoms with Crippen LogP contribution in [0.5, 0.6) is 0 Å². The summed E-state index contributed by atoms with van der Waals surface area (Å²) in [5, 5.41) is 3.83. The van der Waals surface area contributed by atoms with Gasteiger partial charge in [0, 0.05) is 49.5 Å². The molecule has 158 valence electrons. The van der Waals surface area contributed by atoms with Gasteiger partial charge in [-0.3, -0.25) is 9.88 Å². The molecule has 2 atom stereocenters. The fraction of sp³-hybridized carbons (Fsp3) is 0.577. The number of pyridine rings is 1. The van der Waals surface area contributed by atoms with Crippen LogP contribution in [-0.4, -0.2) is 42.6 Å². The second kappa shape index (κ2) is 7.35. The number of fused-ring (bicyclic) bond motifs is 2. The van der Waals surface area contributed by atoms with E-state index in [0.717, 1.165) is 19.5 Å². The summed E-state index contributed by atoms with van der Waals surface area (Å²) in [6.45, 7) is 4.65. The Morgan fingerprint density at radius 3 is 2.83 bits per heavy atom. The number of benzene rings is 1. The first-order valence-corrected chi connectivity index (χ1v) is 11.9. The van der Waals surface area contributed by atoms with Gasteiger partial charge in [0.25, 0.3) is 0 Å². The van der Waals surface area contributed by atoms with E-state index in [1.54, 1.807) is 5.56 Å². The maximum Gasteiger partial charge on any atom is 0.0607 e. The van der Waals surface area contributed by atoms with Crippen LogP contribution in [0.4, 0.5) is 5.69 Å². The number of nitrogens with one attached hydrogen (secondary N) is 1. The van der Waals surface area contributed by atoms with Crippen LogP contribution < -0.4 is 10.2 Å². The average Bonchev–Trinajstić information content (AvgIpc) is 2.71. The average molecular weight is 403 g/mol. The van der Waals surface area contributed by atoms with E-state index in [1.165, 1.54) is 74.1 Å². The summed E-state index contributed by atoms with van der Waals surface area (Å²) in [4.78, 5) is 9.98. The van der Waals surface area contributed by atoms with Crippen LogP contribution >= 0.6 is 0 Å². The van der Waals surface area contributed by atoms with Crippen molar-refractivity contribution in [3.05, 3.63) is 58.9 Å². The maximum atomic E-state index is 4.77. The zero-order chi connectivity index (χ0) is 20.1. The molecule has 1 spiro atoms. The Morgan fingerprint density at radius 1 is 1.13 bits per heavy atom. The van der Waals surface area contributed by atoms with Gasteiger partial charge in [0.1, 0.15) is 0 Å². The van der Waals surface area contributed by atoms with Gasteiger partial charge in [-0.25, -0.2) is 0 Å². The van der Waals surface area contributed by atoms with Crippen molar-refractivity contribution in [3.63, 3.8) is 0 Å². The minimum absolute atomic E-state index is 0.460. The molecule has 0 unspecified atom stereocenters. The number of nitrogens with zero attached hydrogens (tertiary/aromatic N) is 3. The van der Waals surface area contributed by atoms with Crippen molar-refractivity contribution in [2.45, 2.75) is 63.6 Å². The Balaban J connectivity index is 1.17. The molecule has 1 saturated heterocycles. The van der Waals surface area contributed by atoms with Crippen LogP contribution in [0.25, 0.3) is 0 Å². The second-order valence-corrected chi connectivity index (χ2v) is 10.3. The number of rotatable bonds is 4. The van der Waals surface area contributed by atoms with Gasteiger partial charge in [0.05, 0.1) is 11.7 Å². The molecule has 2 aromatic rings. The van der Waals surface area contributed by atoms with Crippen molar-refractivity contribution in [1.29, 1.82) is 0 Å². The van der Waals surface area contributed by atoms with Gasteiger partial charge in [-0.2, -0.15) is 0 Å². The molecule has 2 aliphatic heterocycles. The van der Waals surface area contributed by atoms with Crippen molar-refractivity contribution >= 4 is 5.69 Å². The fourth-order valence-electron chi connectivity index (χ4n) is 6.44. The Morgan fingerprint density at radius 2 is 2.00 bits per heavy atom. The fourth-order valence-corrected chi connectivity index (χ4v) is 6.44. The van der Waals surface area contributed by atoms with Crippen molar-refractivity contribution < 1.29 is 0 Å². The summed E-state index contributed by atoms with van der Waals surface area (Å²) >= 11 is 0. The zero-order valence-corrected chi connectivity index (χ0v) is 18.2. The van der Waals surface area contributed by atoms with Crippen molar-refractivity contribution in [1.82, 2.24) is 15.2 Å². The third-order valence-corrected chi connectivity index (χ3v) is 8.29. The first-order valence-electron chi connectivity index (χ1n) is 11.9. The van der Waals surface area contributed by atoms with Crippen molar-refractivity contribution in [3.8, 4) is 0 Å². The molecular weight excluding hydrogens is 368 g/mol. The number of hydrogen-bond acceptors (Lipinski definition) is 4. The predicted molar refractivity (Wildman–Crippen MR) is 122 cm³/mol.